The number of likely N-dealkylation sites (tertiary alicyclic amines) is 1. The smallest absolute Gasteiger partial charge is 0.345 e. The Balaban J connectivity index is 1.79. The van der Waals surface area contributed by atoms with Gasteiger partial charge >= 0.3 is 5.97 Å². The summed E-state index contributed by atoms with van der Waals surface area (Å²) in [6.45, 7) is 1.77. The second kappa shape index (κ2) is 6.13. The standard InChI is InChI=1S/C15H15ClN2O2S/c16-11-8-17-6-5-10(11)9-18-7-1-2-12(18)13-3-4-14(21-13)15(19)20/h3-6,8,12H,1-2,7,9H2,(H,19,20). The number of carboxylic acid groups (broad SMARTS) is 1. The lowest BCUT2D eigenvalue weighted by Crippen LogP contribution is -2.22. The number of carboxylic acids is 1. The fourth-order valence-corrected chi connectivity index (χ4v) is 3.93. The van der Waals surface area contributed by atoms with Crippen molar-refractivity contribution in [3.05, 3.63) is 50.9 Å². The summed E-state index contributed by atoms with van der Waals surface area (Å²) in [7, 11) is 0. The summed E-state index contributed by atoms with van der Waals surface area (Å²) in [5, 5.41) is 9.73. The topological polar surface area (TPSA) is 53.4 Å². The fraction of sp³-hybridized carbons (Fsp3) is 0.333. The van der Waals surface area contributed by atoms with Crippen LogP contribution in [0.3, 0.4) is 0 Å². The Bertz CT molecular complexity index is 659. The van der Waals surface area contributed by atoms with E-state index in [0.29, 0.717) is 9.90 Å². The van der Waals surface area contributed by atoms with Gasteiger partial charge in [-0.15, -0.1) is 11.3 Å². The van der Waals surface area contributed by atoms with E-state index in [1.807, 2.05) is 12.1 Å². The zero-order valence-corrected chi connectivity index (χ0v) is 12.9. The molecule has 6 heteroatoms. The van der Waals surface area contributed by atoms with E-state index in [4.69, 9.17) is 16.7 Å². The van der Waals surface area contributed by atoms with Crippen molar-refractivity contribution in [3.63, 3.8) is 0 Å². The number of pyridine rings is 1. The predicted molar refractivity (Wildman–Crippen MR) is 82.9 cm³/mol. The quantitative estimate of drug-likeness (QED) is 0.929. The van der Waals surface area contributed by atoms with Crippen molar-refractivity contribution >= 4 is 28.9 Å². The summed E-state index contributed by atoms with van der Waals surface area (Å²) in [5.74, 6) is -0.854. The Morgan fingerprint density at radius 2 is 2.33 bits per heavy atom. The van der Waals surface area contributed by atoms with E-state index in [0.717, 1.165) is 36.4 Å². The van der Waals surface area contributed by atoms with Crippen LogP contribution in [0.15, 0.2) is 30.6 Å². The maximum atomic E-state index is 11.0. The molecule has 2 aromatic rings. The Kier molecular flexibility index (Phi) is 4.24. The van der Waals surface area contributed by atoms with Gasteiger partial charge < -0.3 is 5.11 Å². The van der Waals surface area contributed by atoms with Gasteiger partial charge in [0.15, 0.2) is 0 Å². The van der Waals surface area contributed by atoms with Crippen LogP contribution in [0.4, 0.5) is 0 Å². The Labute approximate surface area is 132 Å². The number of aromatic nitrogens is 1. The Morgan fingerprint density at radius 1 is 1.48 bits per heavy atom. The first-order valence-corrected chi connectivity index (χ1v) is 8.00. The van der Waals surface area contributed by atoms with Crippen LogP contribution < -0.4 is 0 Å². The summed E-state index contributed by atoms with van der Waals surface area (Å²) >= 11 is 7.55. The van der Waals surface area contributed by atoms with Crippen LogP contribution in [-0.2, 0) is 6.54 Å². The first-order chi connectivity index (χ1) is 10.1. The number of halogens is 1. The van der Waals surface area contributed by atoms with Gasteiger partial charge in [0.1, 0.15) is 4.88 Å². The first kappa shape index (κ1) is 14.5. The van der Waals surface area contributed by atoms with Gasteiger partial charge in [0.25, 0.3) is 0 Å². The van der Waals surface area contributed by atoms with Gasteiger partial charge in [-0.3, -0.25) is 9.88 Å². The average molecular weight is 323 g/mol. The number of aromatic carboxylic acids is 1. The van der Waals surface area contributed by atoms with Crippen LogP contribution in [0.5, 0.6) is 0 Å². The molecule has 2 aromatic heterocycles. The lowest BCUT2D eigenvalue weighted by atomic mass is 10.1. The van der Waals surface area contributed by atoms with Gasteiger partial charge in [0.2, 0.25) is 0 Å². The van der Waals surface area contributed by atoms with E-state index in [1.165, 1.54) is 11.3 Å². The van der Waals surface area contributed by atoms with Crippen molar-refractivity contribution in [2.24, 2.45) is 0 Å². The minimum atomic E-state index is -0.854. The molecule has 110 valence electrons. The molecule has 0 aromatic carbocycles. The average Bonchev–Trinajstić information content (AvgIpc) is 3.09. The molecule has 1 aliphatic rings. The van der Waals surface area contributed by atoms with Gasteiger partial charge in [-0.1, -0.05) is 11.6 Å². The zero-order chi connectivity index (χ0) is 14.8. The maximum Gasteiger partial charge on any atom is 0.345 e. The van der Waals surface area contributed by atoms with Crippen molar-refractivity contribution in [1.29, 1.82) is 0 Å². The monoisotopic (exact) mass is 322 g/mol. The molecule has 0 amide bonds. The van der Waals surface area contributed by atoms with Crippen LogP contribution in [0.2, 0.25) is 5.02 Å². The van der Waals surface area contributed by atoms with Crippen molar-refractivity contribution in [2.75, 3.05) is 6.54 Å². The highest BCUT2D eigenvalue weighted by Gasteiger charge is 2.28. The van der Waals surface area contributed by atoms with Crippen molar-refractivity contribution in [1.82, 2.24) is 9.88 Å². The fourth-order valence-electron chi connectivity index (χ4n) is 2.74. The Hall–Kier alpha value is -1.43. The van der Waals surface area contributed by atoms with Crippen molar-refractivity contribution < 1.29 is 9.90 Å². The minimum Gasteiger partial charge on any atom is -0.477 e. The van der Waals surface area contributed by atoms with Gasteiger partial charge in [0.05, 0.1) is 5.02 Å². The van der Waals surface area contributed by atoms with Crippen LogP contribution in [-0.4, -0.2) is 27.5 Å². The van der Waals surface area contributed by atoms with Crippen molar-refractivity contribution in [3.8, 4) is 0 Å². The van der Waals surface area contributed by atoms with Crippen LogP contribution >= 0.6 is 22.9 Å². The summed E-state index contributed by atoms with van der Waals surface area (Å²) in [6, 6.07) is 5.85. The van der Waals surface area contributed by atoms with E-state index in [-0.39, 0.29) is 6.04 Å². The summed E-state index contributed by atoms with van der Waals surface area (Å²) < 4.78 is 0. The highest BCUT2D eigenvalue weighted by atomic mass is 35.5. The second-order valence-electron chi connectivity index (χ2n) is 5.10. The van der Waals surface area contributed by atoms with E-state index in [9.17, 15) is 4.79 Å². The van der Waals surface area contributed by atoms with Gasteiger partial charge in [-0.25, -0.2) is 4.79 Å². The lowest BCUT2D eigenvalue weighted by molar-refractivity contribution is 0.0702. The summed E-state index contributed by atoms with van der Waals surface area (Å²) in [5.41, 5.74) is 1.06. The molecule has 4 nitrogen and oxygen atoms in total. The van der Waals surface area contributed by atoms with Crippen molar-refractivity contribution in [2.45, 2.75) is 25.4 Å². The molecular formula is C15H15ClN2O2S. The number of rotatable bonds is 4. The SMILES string of the molecule is O=C(O)c1ccc(C2CCCN2Cc2ccncc2Cl)s1. The lowest BCUT2D eigenvalue weighted by Gasteiger charge is -2.24. The molecule has 0 bridgehead atoms. The minimum absolute atomic E-state index is 0.285. The molecule has 1 unspecified atom stereocenters. The van der Waals surface area contributed by atoms with Gasteiger partial charge in [-0.05, 0) is 43.1 Å². The highest BCUT2D eigenvalue weighted by molar-refractivity contribution is 7.14. The zero-order valence-electron chi connectivity index (χ0n) is 11.3. The molecule has 1 fully saturated rings. The highest BCUT2D eigenvalue weighted by Crippen LogP contribution is 2.37. The molecule has 1 saturated heterocycles. The van der Waals surface area contributed by atoms with E-state index < -0.39 is 5.97 Å². The number of carbonyl (C=O) groups is 1. The van der Waals surface area contributed by atoms with Crippen LogP contribution in [0, 0.1) is 0 Å². The maximum absolute atomic E-state index is 11.0. The van der Waals surface area contributed by atoms with E-state index in [1.54, 1.807) is 18.5 Å². The molecular weight excluding hydrogens is 308 g/mol. The van der Waals surface area contributed by atoms with E-state index in [2.05, 4.69) is 9.88 Å². The molecule has 1 atom stereocenters. The van der Waals surface area contributed by atoms with Gasteiger partial charge in [0, 0.05) is 29.9 Å². The molecule has 0 aliphatic carbocycles. The number of hydrogen-bond acceptors (Lipinski definition) is 4. The van der Waals surface area contributed by atoms with E-state index >= 15 is 0 Å². The number of nitrogens with zero attached hydrogens (tertiary/aromatic N) is 2. The molecule has 0 spiro atoms. The molecule has 0 radical (unpaired) electrons. The molecule has 3 rings (SSSR count). The third-order valence-electron chi connectivity index (χ3n) is 3.76. The number of thiophene rings is 1. The molecule has 0 saturated carbocycles. The third kappa shape index (κ3) is 3.10. The number of hydrogen-bond donors (Lipinski definition) is 1. The first-order valence-electron chi connectivity index (χ1n) is 6.80. The van der Waals surface area contributed by atoms with Gasteiger partial charge in [-0.2, -0.15) is 0 Å². The molecule has 3 heterocycles. The van der Waals surface area contributed by atoms with Crippen LogP contribution in [0.25, 0.3) is 0 Å². The second-order valence-corrected chi connectivity index (χ2v) is 6.63. The summed E-state index contributed by atoms with van der Waals surface area (Å²) in [6.07, 6.45) is 5.59. The third-order valence-corrected chi connectivity index (χ3v) is 5.27. The molecule has 21 heavy (non-hydrogen) atoms. The molecule has 1 aliphatic heterocycles. The Morgan fingerprint density at radius 3 is 3.05 bits per heavy atom. The van der Waals surface area contributed by atoms with Crippen LogP contribution in [0.1, 0.15) is 39.0 Å². The predicted octanol–water partition coefficient (Wildman–Crippen LogP) is 3.83. The summed E-state index contributed by atoms with van der Waals surface area (Å²) in [4.78, 5) is 18.9. The normalized spacial score (nSPS) is 19.0. The largest absolute Gasteiger partial charge is 0.477 e. The molecule has 1 N–H and O–H groups in total.